The zero-order chi connectivity index (χ0) is 22.9. The van der Waals surface area contributed by atoms with Crippen LogP contribution in [0.1, 0.15) is 63.9 Å². The minimum absolute atomic E-state index is 0.0731. The van der Waals surface area contributed by atoms with Crippen molar-refractivity contribution in [1.29, 1.82) is 0 Å². The first-order valence-corrected chi connectivity index (χ1v) is 12.4. The van der Waals surface area contributed by atoms with E-state index in [1.807, 2.05) is 13.8 Å². The molecule has 0 fully saturated rings. The fraction of sp³-hybridized carbons (Fsp3) is 0.591. The highest BCUT2D eigenvalue weighted by Gasteiger charge is 2.21. The molecular weight excluding hydrogens is 420 g/mol. The number of rotatable bonds is 12. The van der Waals surface area contributed by atoms with E-state index in [-0.39, 0.29) is 22.4 Å². The lowest BCUT2D eigenvalue weighted by Crippen LogP contribution is -2.41. The summed E-state index contributed by atoms with van der Waals surface area (Å²) in [7, 11) is 3.26. The molecule has 0 spiro atoms. The van der Waals surface area contributed by atoms with Gasteiger partial charge in [0, 0.05) is 22.6 Å². The van der Waals surface area contributed by atoms with Crippen LogP contribution in [0, 0.1) is 5.92 Å². The third kappa shape index (κ3) is 10.5. The van der Waals surface area contributed by atoms with Crippen molar-refractivity contribution in [2.45, 2.75) is 71.3 Å². The van der Waals surface area contributed by atoms with E-state index >= 15 is 0 Å². The van der Waals surface area contributed by atoms with Gasteiger partial charge in [-0.15, -0.1) is 0 Å². The third-order valence-corrected chi connectivity index (χ3v) is 7.46. The van der Waals surface area contributed by atoms with Gasteiger partial charge in [0.1, 0.15) is 6.04 Å². The Balaban J connectivity index is 2.64. The number of ketones is 1. The molecule has 1 aromatic carbocycles. The number of amides is 1. The Kier molecular flexibility index (Phi) is 10.9. The van der Waals surface area contributed by atoms with E-state index < -0.39 is 18.1 Å². The van der Waals surface area contributed by atoms with Crippen LogP contribution in [0.5, 0.6) is 0 Å². The van der Waals surface area contributed by atoms with E-state index in [1.165, 1.54) is 6.92 Å². The van der Waals surface area contributed by atoms with Crippen LogP contribution in [-0.4, -0.2) is 45.3 Å². The number of hydrogen-bond acceptors (Lipinski definition) is 6. The van der Waals surface area contributed by atoms with Crippen LogP contribution in [0.2, 0.25) is 0 Å². The van der Waals surface area contributed by atoms with E-state index in [9.17, 15) is 19.5 Å². The summed E-state index contributed by atoms with van der Waals surface area (Å²) in [5.41, 5.74) is 1.36. The molecule has 0 aliphatic carbocycles. The Labute approximate surface area is 187 Å². The average molecular weight is 455 g/mol. The smallest absolute Gasteiger partial charge is 0.320 e. The Bertz CT molecular complexity index is 715. The van der Waals surface area contributed by atoms with Crippen LogP contribution >= 0.6 is 21.6 Å². The summed E-state index contributed by atoms with van der Waals surface area (Å²) in [4.78, 5) is 35.8. The largest absolute Gasteiger partial charge is 0.480 e. The van der Waals surface area contributed by atoms with Gasteiger partial charge in [-0.25, -0.2) is 0 Å². The van der Waals surface area contributed by atoms with E-state index in [1.54, 1.807) is 45.9 Å². The molecule has 6 nitrogen and oxygen atoms in total. The van der Waals surface area contributed by atoms with Crippen molar-refractivity contribution in [2.75, 3.05) is 5.75 Å². The van der Waals surface area contributed by atoms with Gasteiger partial charge in [-0.05, 0) is 37.0 Å². The number of carboxylic acids is 1. The van der Waals surface area contributed by atoms with Gasteiger partial charge < -0.3 is 15.7 Å². The first-order chi connectivity index (χ1) is 13.9. The lowest BCUT2D eigenvalue weighted by Gasteiger charge is -2.20. The zero-order valence-corrected chi connectivity index (χ0v) is 20.3. The van der Waals surface area contributed by atoms with E-state index in [0.717, 1.165) is 5.56 Å². The van der Waals surface area contributed by atoms with Crippen molar-refractivity contribution < 1.29 is 19.5 Å². The fourth-order valence-electron chi connectivity index (χ4n) is 2.54. The summed E-state index contributed by atoms with van der Waals surface area (Å²) in [6.07, 6.45) is 0.549. The first-order valence-electron chi connectivity index (χ1n) is 10.1. The van der Waals surface area contributed by atoms with E-state index in [0.29, 0.717) is 24.3 Å². The van der Waals surface area contributed by atoms with Crippen molar-refractivity contribution in [3.05, 3.63) is 35.4 Å². The normalized spacial score (nSPS) is 13.7. The number of Topliss-reactive ketones (excluding diaryl/α,β-unsaturated/α-hetero) is 1. The molecule has 30 heavy (non-hydrogen) atoms. The number of hydrogen-bond donors (Lipinski definition) is 3. The summed E-state index contributed by atoms with van der Waals surface area (Å²) in [5.74, 6) is -0.441. The number of nitrogens with one attached hydrogen (secondary N) is 2. The molecule has 1 rings (SSSR count). The quantitative estimate of drug-likeness (QED) is 0.409. The van der Waals surface area contributed by atoms with Crippen molar-refractivity contribution in [3.63, 3.8) is 0 Å². The summed E-state index contributed by atoms with van der Waals surface area (Å²) in [6.45, 7) is 12.2. The Morgan fingerprint density at radius 3 is 2.13 bits per heavy atom. The Morgan fingerprint density at radius 2 is 1.67 bits per heavy atom. The molecule has 8 heteroatoms. The molecule has 0 radical (unpaired) electrons. The second-order valence-electron chi connectivity index (χ2n) is 8.72. The van der Waals surface area contributed by atoms with Gasteiger partial charge >= 0.3 is 5.97 Å². The maximum absolute atomic E-state index is 12.5. The van der Waals surface area contributed by atoms with Crippen molar-refractivity contribution >= 4 is 39.2 Å². The molecule has 0 saturated carbocycles. The Hall–Kier alpha value is -1.51. The molecule has 3 N–H and O–H groups in total. The topological polar surface area (TPSA) is 95.5 Å². The molecule has 1 amide bonds. The van der Waals surface area contributed by atoms with E-state index in [2.05, 4.69) is 31.4 Å². The zero-order valence-electron chi connectivity index (χ0n) is 18.7. The van der Waals surface area contributed by atoms with Crippen LogP contribution < -0.4 is 10.6 Å². The number of carbonyl (C=O) groups excluding carboxylic acids is 2. The van der Waals surface area contributed by atoms with Gasteiger partial charge in [-0.1, -0.05) is 68.3 Å². The second-order valence-corrected chi connectivity index (χ2v) is 11.9. The first kappa shape index (κ1) is 26.5. The lowest BCUT2D eigenvalue weighted by atomic mass is 10.0. The minimum Gasteiger partial charge on any atom is -0.480 e. The monoisotopic (exact) mass is 454 g/mol. The molecule has 0 aliphatic heterocycles. The second kappa shape index (κ2) is 12.4. The summed E-state index contributed by atoms with van der Waals surface area (Å²) >= 11 is 0. The van der Waals surface area contributed by atoms with Crippen LogP contribution in [0.3, 0.4) is 0 Å². The minimum atomic E-state index is -0.863. The number of carbonyl (C=O) groups is 3. The highest BCUT2D eigenvalue weighted by molar-refractivity contribution is 8.77. The standard InChI is InChI=1S/C22H34N2O4S2/c1-14(2)11-18(21(27)28)23-12-16-7-9-17(10-8-16)20(26)24-19(15(3)25)13-29-30-22(4,5)6/h7-10,14,18-19,23H,11-13H2,1-6H3,(H,24,26)(H,27,28)/t18-,19?/m0/s1. The highest BCUT2D eigenvalue weighted by Crippen LogP contribution is 2.35. The number of aliphatic carboxylic acids is 1. The fourth-order valence-corrected chi connectivity index (χ4v) is 5.09. The van der Waals surface area contributed by atoms with Crippen molar-refractivity contribution in [2.24, 2.45) is 5.92 Å². The van der Waals surface area contributed by atoms with Gasteiger partial charge in [0.25, 0.3) is 5.91 Å². The van der Waals surface area contributed by atoms with Gasteiger partial charge in [-0.3, -0.25) is 14.4 Å². The molecule has 0 aromatic heterocycles. The third-order valence-electron chi connectivity index (χ3n) is 4.11. The van der Waals surface area contributed by atoms with Crippen molar-refractivity contribution in [1.82, 2.24) is 10.6 Å². The lowest BCUT2D eigenvalue weighted by molar-refractivity contribution is -0.140. The molecular formula is C22H34N2O4S2. The van der Waals surface area contributed by atoms with E-state index in [4.69, 9.17) is 0 Å². The summed E-state index contributed by atoms with van der Waals surface area (Å²) in [5, 5.41) is 15.2. The van der Waals surface area contributed by atoms with Gasteiger partial charge in [0.05, 0.1) is 6.04 Å². The van der Waals surface area contributed by atoms with Crippen LogP contribution in [0.4, 0.5) is 0 Å². The maximum Gasteiger partial charge on any atom is 0.320 e. The molecule has 0 aliphatic rings. The summed E-state index contributed by atoms with van der Waals surface area (Å²) < 4.78 is 0.0781. The van der Waals surface area contributed by atoms with Gasteiger partial charge in [-0.2, -0.15) is 0 Å². The molecule has 0 bridgehead atoms. The number of carboxylic acid groups (broad SMARTS) is 1. The van der Waals surface area contributed by atoms with Crippen LogP contribution in [0.25, 0.3) is 0 Å². The predicted octanol–water partition coefficient (Wildman–Crippen LogP) is 4.14. The molecule has 168 valence electrons. The molecule has 1 aromatic rings. The predicted molar refractivity (Wildman–Crippen MR) is 126 cm³/mol. The SMILES string of the molecule is CC(=O)C(CSSC(C)(C)C)NC(=O)c1ccc(CN[C@@H](CC(C)C)C(=O)O)cc1. The van der Waals surface area contributed by atoms with Crippen LogP contribution in [-0.2, 0) is 16.1 Å². The Morgan fingerprint density at radius 1 is 1.07 bits per heavy atom. The maximum atomic E-state index is 12.5. The van der Waals surface area contributed by atoms with Gasteiger partial charge in [0.15, 0.2) is 5.78 Å². The van der Waals surface area contributed by atoms with Crippen LogP contribution in [0.15, 0.2) is 24.3 Å². The van der Waals surface area contributed by atoms with Gasteiger partial charge in [0.2, 0.25) is 0 Å². The molecule has 0 heterocycles. The van der Waals surface area contributed by atoms with Crippen molar-refractivity contribution in [3.8, 4) is 0 Å². The molecule has 2 atom stereocenters. The highest BCUT2D eigenvalue weighted by atomic mass is 33.1. The molecule has 1 unspecified atom stereocenters. The average Bonchev–Trinajstić information content (AvgIpc) is 2.63. The molecule has 0 saturated heterocycles. The number of benzene rings is 1. The summed E-state index contributed by atoms with van der Waals surface area (Å²) in [6, 6.07) is 5.84.